The molecule has 0 radical (unpaired) electrons. The van der Waals surface area contributed by atoms with Crippen molar-refractivity contribution in [3.05, 3.63) is 42.1 Å². The Bertz CT molecular complexity index is 534. The predicted molar refractivity (Wildman–Crippen MR) is 69.2 cm³/mol. The summed E-state index contributed by atoms with van der Waals surface area (Å²) in [6, 6.07) is 9.54. The maximum atomic E-state index is 11.9. The molecule has 0 fully saturated rings. The maximum Gasteiger partial charge on any atom is 0.164 e. The van der Waals surface area contributed by atoms with Gasteiger partial charge in [-0.25, -0.2) is 0 Å². The van der Waals surface area contributed by atoms with Crippen LogP contribution in [-0.4, -0.2) is 36.3 Å². The first-order valence-electron chi connectivity index (χ1n) is 5.69. The number of carbonyl (C=O) groups excluding carboxylic acids is 1. The van der Waals surface area contributed by atoms with E-state index in [4.69, 9.17) is 0 Å². The highest BCUT2D eigenvalue weighted by molar-refractivity contribution is 5.99. The highest BCUT2D eigenvalue weighted by atomic mass is 16.1. The lowest BCUT2D eigenvalue weighted by Crippen LogP contribution is -2.16. The van der Waals surface area contributed by atoms with Crippen molar-refractivity contribution in [3.63, 3.8) is 0 Å². The number of rotatable bonds is 4. The fourth-order valence-electron chi connectivity index (χ4n) is 1.72. The van der Waals surface area contributed by atoms with Crippen molar-refractivity contribution in [1.82, 2.24) is 9.88 Å². The van der Waals surface area contributed by atoms with Gasteiger partial charge in [-0.1, -0.05) is 6.07 Å². The van der Waals surface area contributed by atoms with E-state index in [9.17, 15) is 4.79 Å². The second-order valence-corrected chi connectivity index (χ2v) is 4.39. The van der Waals surface area contributed by atoms with Crippen molar-refractivity contribution >= 4 is 16.7 Å². The number of nitrogens with zero attached hydrogens (tertiary/aromatic N) is 2. The summed E-state index contributed by atoms with van der Waals surface area (Å²) in [4.78, 5) is 18.2. The minimum Gasteiger partial charge on any atom is -0.309 e. The van der Waals surface area contributed by atoms with Crippen LogP contribution in [0.4, 0.5) is 0 Å². The summed E-state index contributed by atoms with van der Waals surface area (Å²) in [7, 11) is 3.94. The van der Waals surface area contributed by atoms with Crippen LogP contribution in [0.15, 0.2) is 36.5 Å². The molecule has 0 amide bonds. The maximum absolute atomic E-state index is 11.9. The Morgan fingerprint density at radius 3 is 2.88 bits per heavy atom. The van der Waals surface area contributed by atoms with E-state index in [1.165, 1.54) is 0 Å². The Morgan fingerprint density at radius 1 is 1.29 bits per heavy atom. The number of aromatic nitrogens is 1. The largest absolute Gasteiger partial charge is 0.309 e. The second-order valence-electron chi connectivity index (χ2n) is 4.39. The topological polar surface area (TPSA) is 33.2 Å². The van der Waals surface area contributed by atoms with Crippen molar-refractivity contribution in [2.24, 2.45) is 0 Å². The van der Waals surface area contributed by atoms with E-state index in [1.54, 1.807) is 6.20 Å². The third-order valence-electron chi connectivity index (χ3n) is 2.71. The molecule has 0 saturated heterocycles. The van der Waals surface area contributed by atoms with Crippen LogP contribution in [0, 0.1) is 0 Å². The van der Waals surface area contributed by atoms with Crippen LogP contribution in [0.1, 0.15) is 16.8 Å². The molecule has 88 valence electrons. The average Bonchev–Trinajstić information content (AvgIpc) is 2.35. The third-order valence-corrected chi connectivity index (χ3v) is 2.71. The molecule has 0 aliphatic carbocycles. The smallest absolute Gasteiger partial charge is 0.164 e. The van der Waals surface area contributed by atoms with Crippen LogP contribution in [0.5, 0.6) is 0 Å². The summed E-state index contributed by atoms with van der Waals surface area (Å²) in [6.45, 7) is 0.782. The number of Topliss-reactive ketones (excluding diaryl/α,β-unsaturated/α-hetero) is 1. The van der Waals surface area contributed by atoms with E-state index in [1.807, 2.05) is 49.3 Å². The van der Waals surface area contributed by atoms with Crippen LogP contribution in [0.3, 0.4) is 0 Å². The zero-order chi connectivity index (χ0) is 12.3. The molecule has 0 spiro atoms. The van der Waals surface area contributed by atoms with Gasteiger partial charge in [0, 0.05) is 30.1 Å². The molecule has 0 bridgehead atoms. The molecule has 1 heterocycles. The number of benzene rings is 1. The van der Waals surface area contributed by atoms with Crippen molar-refractivity contribution < 1.29 is 4.79 Å². The monoisotopic (exact) mass is 228 g/mol. The zero-order valence-corrected chi connectivity index (χ0v) is 10.2. The molecular weight excluding hydrogens is 212 g/mol. The van der Waals surface area contributed by atoms with E-state index >= 15 is 0 Å². The van der Waals surface area contributed by atoms with Gasteiger partial charge in [-0.05, 0) is 38.4 Å². The van der Waals surface area contributed by atoms with E-state index in [-0.39, 0.29) is 5.78 Å². The van der Waals surface area contributed by atoms with Gasteiger partial charge in [-0.2, -0.15) is 0 Å². The van der Waals surface area contributed by atoms with Gasteiger partial charge in [0.2, 0.25) is 0 Å². The fourth-order valence-corrected chi connectivity index (χ4v) is 1.72. The van der Waals surface area contributed by atoms with Gasteiger partial charge >= 0.3 is 0 Å². The normalized spacial score (nSPS) is 11.0. The summed E-state index contributed by atoms with van der Waals surface area (Å²) in [5.74, 6) is 0.185. The number of fused-ring (bicyclic) bond motifs is 1. The Morgan fingerprint density at radius 2 is 2.12 bits per heavy atom. The summed E-state index contributed by atoms with van der Waals surface area (Å²) in [5, 5.41) is 1.02. The molecule has 17 heavy (non-hydrogen) atoms. The summed E-state index contributed by atoms with van der Waals surface area (Å²) >= 11 is 0. The quantitative estimate of drug-likeness (QED) is 0.753. The highest BCUT2D eigenvalue weighted by Gasteiger charge is 2.07. The van der Waals surface area contributed by atoms with E-state index in [0.717, 1.165) is 23.0 Å². The van der Waals surface area contributed by atoms with Gasteiger partial charge in [0.15, 0.2) is 5.78 Å². The zero-order valence-electron chi connectivity index (χ0n) is 10.2. The fraction of sp³-hybridized carbons (Fsp3) is 0.286. The first-order chi connectivity index (χ1) is 8.16. The molecular formula is C14H16N2O. The number of ketones is 1. The molecule has 2 aromatic rings. The lowest BCUT2D eigenvalue weighted by molar-refractivity contribution is 0.0972. The van der Waals surface area contributed by atoms with E-state index in [2.05, 4.69) is 4.98 Å². The lowest BCUT2D eigenvalue weighted by Gasteiger charge is -2.08. The van der Waals surface area contributed by atoms with Gasteiger partial charge in [0.05, 0.1) is 5.52 Å². The molecule has 2 rings (SSSR count). The van der Waals surface area contributed by atoms with Crippen LogP contribution in [0.2, 0.25) is 0 Å². The van der Waals surface area contributed by atoms with Gasteiger partial charge in [0.1, 0.15) is 0 Å². The Balaban J connectivity index is 2.21. The first kappa shape index (κ1) is 11.7. The first-order valence-corrected chi connectivity index (χ1v) is 5.69. The Hall–Kier alpha value is -1.74. The standard InChI is InChI=1S/C14H16N2O/c1-16(2)9-7-14(17)12-5-6-13-11(10-12)4-3-8-15-13/h3-6,8,10H,7,9H2,1-2H3. The molecule has 1 aromatic heterocycles. The van der Waals surface area contributed by atoms with Crippen molar-refractivity contribution in [2.75, 3.05) is 20.6 Å². The molecule has 0 N–H and O–H groups in total. The molecule has 0 aliphatic rings. The van der Waals surface area contributed by atoms with Crippen molar-refractivity contribution in [3.8, 4) is 0 Å². The summed E-state index contributed by atoms with van der Waals surface area (Å²) < 4.78 is 0. The van der Waals surface area contributed by atoms with Gasteiger partial charge in [-0.3, -0.25) is 9.78 Å². The summed E-state index contributed by atoms with van der Waals surface area (Å²) in [5.41, 5.74) is 1.70. The predicted octanol–water partition coefficient (Wildman–Crippen LogP) is 2.37. The second kappa shape index (κ2) is 5.06. The molecule has 1 aromatic carbocycles. The minimum atomic E-state index is 0.185. The number of pyridine rings is 1. The van der Waals surface area contributed by atoms with E-state index < -0.39 is 0 Å². The van der Waals surface area contributed by atoms with E-state index in [0.29, 0.717) is 6.42 Å². The van der Waals surface area contributed by atoms with Gasteiger partial charge < -0.3 is 4.90 Å². The Labute approximate surface area is 101 Å². The molecule has 3 heteroatoms. The van der Waals surface area contributed by atoms with Crippen molar-refractivity contribution in [2.45, 2.75) is 6.42 Å². The van der Waals surface area contributed by atoms with Crippen molar-refractivity contribution in [1.29, 1.82) is 0 Å². The molecule has 3 nitrogen and oxygen atoms in total. The molecule has 0 aliphatic heterocycles. The van der Waals surface area contributed by atoms with Crippen LogP contribution in [0.25, 0.3) is 10.9 Å². The number of hydrogen-bond acceptors (Lipinski definition) is 3. The Kier molecular flexibility index (Phi) is 3.49. The van der Waals surface area contributed by atoms with Gasteiger partial charge in [-0.15, -0.1) is 0 Å². The average molecular weight is 228 g/mol. The van der Waals surface area contributed by atoms with Crippen LogP contribution >= 0.6 is 0 Å². The lowest BCUT2D eigenvalue weighted by atomic mass is 10.1. The molecule has 0 atom stereocenters. The molecule has 0 unspecified atom stereocenters. The van der Waals surface area contributed by atoms with Crippen LogP contribution < -0.4 is 0 Å². The third kappa shape index (κ3) is 2.88. The van der Waals surface area contributed by atoms with Gasteiger partial charge in [0.25, 0.3) is 0 Å². The number of carbonyl (C=O) groups is 1. The SMILES string of the molecule is CN(C)CCC(=O)c1ccc2ncccc2c1. The summed E-state index contributed by atoms with van der Waals surface area (Å²) in [6.07, 6.45) is 2.31. The minimum absolute atomic E-state index is 0.185. The highest BCUT2D eigenvalue weighted by Crippen LogP contribution is 2.14. The van der Waals surface area contributed by atoms with Crippen LogP contribution in [-0.2, 0) is 0 Å². The number of hydrogen-bond donors (Lipinski definition) is 0. The molecule has 0 saturated carbocycles.